The van der Waals surface area contributed by atoms with Crippen LogP contribution in [0.1, 0.15) is 5.56 Å². The quantitative estimate of drug-likeness (QED) is 0.541. The van der Waals surface area contributed by atoms with Gasteiger partial charge in [0, 0.05) is 24.8 Å². The molecule has 1 aliphatic heterocycles. The van der Waals surface area contributed by atoms with Gasteiger partial charge in [-0.1, -0.05) is 0 Å². The number of nitrogens with one attached hydrogen (secondary N) is 3. The minimum absolute atomic E-state index is 0.0392. The molecular formula is C15H15FN6O3S. The summed E-state index contributed by atoms with van der Waals surface area (Å²) in [5.74, 6) is 0.564. The lowest BCUT2D eigenvalue weighted by Gasteiger charge is -2.14. The Bertz CT molecular complexity index is 1070. The third-order valence-corrected chi connectivity index (χ3v) is 4.82. The summed E-state index contributed by atoms with van der Waals surface area (Å²) in [4.78, 5) is 4.36. The fourth-order valence-corrected chi connectivity index (χ4v) is 3.43. The lowest BCUT2D eigenvalue weighted by atomic mass is 10.2. The van der Waals surface area contributed by atoms with Crippen LogP contribution in [-0.2, 0) is 16.8 Å². The van der Waals surface area contributed by atoms with Gasteiger partial charge >= 0.3 is 0 Å². The normalized spacial score (nSPS) is 16.8. The standard InChI is InChI=1S/C15H15FN6O3S/c16-11-1-2-13-10(7-11)8-17-14-3-5-22-15(20-14)12(9-18-22)21-26(23,24)19-4-6-25-13/h1-3,5,7,9,19,21H,4,6,8H2,(H,17,20). The fraction of sp³-hybridized carbons (Fsp3) is 0.200. The van der Waals surface area contributed by atoms with Gasteiger partial charge in [-0.15, -0.1) is 0 Å². The zero-order valence-corrected chi connectivity index (χ0v) is 14.3. The van der Waals surface area contributed by atoms with Gasteiger partial charge in [-0.2, -0.15) is 18.2 Å². The van der Waals surface area contributed by atoms with Gasteiger partial charge in [0.05, 0.1) is 6.20 Å². The van der Waals surface area contributed by atoms with Crippen molar-refractivity contribution in [1.29, 1.82) is 0 Å². The summed E-state index contributed by atoms with van der Waals surface area (Å²) in [6.45, 7) is 0.420. The molecule has 0 unspecified atom stereocenters. The molecule has 2 aromatic heterocycles. The van der Waals surface area contributed by atoms with E-state index in [2.05, 4.69) is 24.8 Å². The molecule has 0 saturated heterocycles. The predicted octanol–water partition coefficient (Wildman–Crippen LogP) is 1.12. The molecule has 3 N–H and O–H groups in total. The van der Waals surface area contributed by atoms with Crippen molar-refractivity contribution in [2.45, 2.75) is 6.54 Å². The molecule has 0 saturated carbocycles. The Balaban J connectivity index is 1.75. The summed E-state index contributed by atoms with van der Waals surface area (Å²) < 4.78 is 49.7. The molecule has 26 heavy (non-hydrogen) atoms. The zero-order valence-electron chi connectivity index (χ0n) is 13.4. The summed E-state index contributed by atoms with van der Waals surface area (Å²) in [5, 5.41) is 7.15. The van der Waals surface area contributed by atoms with E-state index in [-0.39, 0.29) is 24.7 Å². The number of halogens is 1. The van der Waals surface area contributed by atoms with Crippen LogP contribution in [0.4, 0.5) is 15.9 Å². The number of benzene rings is 1. The van der Waals surface area contributed by atoms with Gasteiger partial charge in [0.15, 0.2) is 5.65 Å². The van der Waals surface area contributed by atoms with Gasteiger partial charge < -0.3 is 10.1 Å². The Morgan fingerprint density at radius 2 is 2.15 bits per heavy atom. The van der Waals surface area contributed by atoms with Gasteiger partial charge in [-0.05, 0) is 24.3 Å². The highest BCUT2D eigenvalue weighted by Gasteiger charge is 2.16. The summed E-state index contributed by atoms with van der Waals surface area (Å²) in [5.41, 5.74) is 1.18. The second kappa shape index (κ2) is 6.42. The van der Waals surface area contributed by atoms with Gasteiger partial charge in [0.25, 0.3) is 10.2 Å². The average molecular weight is 378 g/mol. The van der Waals surface area contributed by atoms with E-state index in [1.807, 2.05) is 0 Å². The molecule has 0 radical (unpaired) electrons. The molecule has 0 amide bonds. The van der Waals surface area contributed by atoms with Crippen LogP contribution in [0.5, 0.6) is 5.75 Å². The second-order valence-corrected chi connectivity index (χ2v) is 7.09. The van der Waals surface area contributed by atoms with Crippen molar-refractivity contribution < 1.29 is 17.5 Å². The van der Waals surface area contributed by atoms with E-state index < -0.39 is 10.2 Å². The molecular weight excluding hydrogens is 363 g/mol. The van der Waals surface area contributed by atoms with Crippen molar-refractivity contribution in [3.63, 3.8) is 0 Å². The molecule has 11 heteroatoms. The lowest BCUT2D eigenvalue weighted by Crippen LogP contribution is -2.33. The van der Waals surface area contributed by atoms with Crippen molar-refractivity contribution in [2.24, 2.45) is 0 Å². The molecule has 2 bridgehead atoms. The van der Waals surface area contributed by atoms with Crippen LogP contribution in [0.15, 0.2) is 36.7 Å². The highest BCUT2D eigenvalue weighted by Crippen LogP contribution is 2.22. The molecule has 3 heterocycles. The molecule has 4 rings (SSSR count). The van der Waals surface area contributed by atoms with Crippen LogP contribution in [0.2, 0.25) is 0 Å². The molecule has 0 atom stereocenters. The van der Waals surface area contributed by atoms with E-state index >= 15 is 0 Å². The molecule has 0 spiro atoms. The predicted molar refractivity (Wildman–Crippen MR) is 92.8 cm³/mol. The van der Waals surface area contributed by atoms with Gasteiger partial charge in [-0.3, -0.25) is 4.72 Å². The molecule has 0 aliphatic carbocycles. The van der Waals surface area contributed by atoms with Gasteiger partial charge in [-0.25, -0.2) is 13.9 Å². The van der Waals surface area contributed by atoms with Crippen molar-refractivity contribution in [3.05, 3.63) is 48.0 Å². The van der Waals surface area contributed by atoms with E-state index in [1.54, 1.807) is 12.3 Å². The molecule has 1 aromatic carbocycles. The summed E-state index contributed by atoms with van der Waals surface area (Å²) in [6.07, 6.45) is 3.02. The maximum Gasteiger partial charge on any atom is 0.299 e. The largest absolute Gasteiger partial charge is 0.492 e. The number of hydrogen-bond donors (Lipinski definition) is 3. The summed E-state index contributed by atoms with van der Waals surface area (Å²) in [7, 11) is -3.82. The smallest absolute Gasteiger partial charge is 0.299 e. The number of anilines is 2. The maximum atomic E-state index is 13.6. The highest BCUT2D eigenvalue weighted by atomic mass is 32.2. The SMILES string of the molecule is O=S1(=O)NCCOc2ccc(F)cc2CNc2ccn3ncc(c3n2)N1. The van der Waals surface area contributed by atoms with E-state index in [1.165, 1.54) is 28.9 Å². The molecule has 9 nitrogen and oxygen atoms in total. The number of fused-ring (bicyclic) bond motifs is 2. The van der Waals surface area contributed by atoms with Crippen molar-refractivity contribution in [1.82, 2.24) is 19.3 Å². The van der Waals surface area contributed by atoms with Gasteiger partial charge in [0.2, 0.25) is 0 Å². The number of hydrogen-bond acceptors (Lipinski definition) is 6. The fourth-order valence-electron chi connectivity index (χ4n) is 2.57. The first-order chi connectivity index (χ1) is 12.5. The Hall–Kier alpha value is -2.92. The van der Waals surface area contributed by atoms with Crippen molar-refractivity contribution >= 4 is 27.4 Å². The highest BCUT2D eigenvalue weighted by molar-refractivity contribution is 7.90. The summed E-state index contributed by atoms with van der Waals surface area (Å²) in [6, 6.07) is 5.85. The minimum Gasteiger partial charge on any atom is -0.492 e. The number of aromatic nitrogens is 3. The third-order valence-electron chi connectivity index (χ3n) is 3.75. The second-order valence-electron chi connectivity index (χ2n) is 5.59. The van der Waals surface area contributed by atoms with E-state index in [0.29, 0.717) is 29.3 Å². The first kappa shape index (κ1) is 16.5. The number of rotatable bonds is 0. The molecule has 0 fully saturated rings. The van der Waals surface area contributed by atoms with Crippen LogP contribution >= 0.6 is 0 Å². The molecule has 3 aromatic rings. The first-order valence-electron chi connectivity index (χ1n) is 7.77. The van der Waals surface area contributed by atoms with Crippen LogP contribution < -0.4 is 19.5 Å². The first-order valence-corrected chi connectivity index (χ1v) is 9.25. The summed E-state index contributed by atoms with van der Waals surface area (Å²) >= 11 is 0. The Morgan fingerprint density at radius 3 is 3.04 bits per heavy atom. The topological polar surface area (TPSA) is 110 Å². The third kappa shape index (κ3) is 3.39. The zero-order chi connectivity index (χ0) is 18.1. The Labute approximate surface area is 148 Å². The van der Waals surface area contributed by atoms with Crippen molar-refractivity contribution in [2.75, 3.05) is 23.2 Å². The van der Waals surface area contributed by atoms with E-state index in [4.69, 9.17) is 4.74 Å². The van der Waals surface area contributed by atoms with Crippen LogP contribution in [0, 0.1) is 5.82 Å². The number of nitrogens with zero attached hydrogens (tertiary/aromatic N) is 3. The Kier molecular flexibility index (Phi) is 4.09. The number of ether oxygens (including phenoxy) is 1. The lowest BCUT2D eigenvalue weighted by molar-refractivity contribution is 0.319. The van der Waals surface area contributed by atoms with Gasteiger partial charge in [0.1, 0.15) is 29.7 Å². The monoisotopic (exact) mass is 378 g/mol. The minimum atomic E-state index is -3.82. The van der Waals surface area contributed by atoms with E-state index in [0.717, 1.165) is 0 Å². The molecule has 136 valence electrons. The van der Waals surface area contributed by atoms with Crippen LogP contribution in [0.25, 0.3) is 5.65 Å². The Morgan fingerprint density at radius 1 is 1.27 bits per heavy atom. The average Bonchev–Trinajstić information content (AvgIpc) is 2.99. The maximum absolute atomic E-state index is 13.6. The van der Waals surface area contributed by atoms with E-state index in [9.17, 15) is 12.8 Å². The van der Waals surface area contributed by atoms with Crippen LogP contribution in [-0.4, -0.2) is 36.2 Å². The van der Waals surface area contributed by atoms with Crippen molar-refractivity contribution in [3.8, 4) is 5.75 Å². The molecule has 1 aliphatic rings. The van der Waals surface area contributed by atoms with Crippen LogP contribution in [0.3, 0.4) is 0 Å².